The monoisotopic (exact) mass is 372 g/mol. The molecule has 24 heavy (non-hydrogen) atoms. The molecule has 2 nitrogen and oxygen atoms in total. The lowest BCUT2D eigenvalue weighted by atomic mass is 9.84. The van der Waals surface area contributed by atoms with E-state index in [4.69, 9.17) is 4.74 Å². The predicted octanol–water partition coefficient (Wildman–Crippen LogP) is 4.65. The van der Waals surface area contributed by atoms with Gasteiger partial charge in [0.15, 0.2) is 0 Å². The maximum Gasteiger partial charge on any atom is 0.446 e. The summed E-state index contributed by atoms with van der Waals surface area (Å²) in [6, 6.07) is 2.22. The summed E-state index contributed by atoms with van der Waals surface area (Å²) in [5.41, 5.74) is -5.20. The maximum absolute atomic E-state index is 13.8. The lowest BCUT2D eigenvalue weighted by molar-refractivity contribution is -0.0977. The minimum Gasteiger partial charge on any atom is -0.493 e. The molecule has 0 radical (unpaired) electrons. The third-order valence-corrected chi connectivity index (χ3v) is 5.05. The zero-order valence-electron chi connectivity index (χ0n) is 12.2. The summed E-state index contributed by atoms with van der Waals surface area (Å²) in [6.07, 6.45) is -3.44. The van der Waals surface area contributed by atoms with Gasteiger partial charge in [0.05, 0.1) is 6.61 Å². The van der Waals surface area contributed by atoms with Crippen molar-refractivity contribution in [3.05, 3.63) is 23.3 Å². The van der Waals surface area contributed by atoms with Crippen molar-refractivity contribution >= 4 is 11.8 Å². The second-order valence-corrected chi connectivity index (χ2v) is 7.19. The van der Waals surface area contributed by atoms with Gasteiger partial charge in [0.2, 0.25) is 0 Å². The summed E-state index contributed by atoms with van der Waals surface area (Å²) < 4.78 is 83.6. The minimum atomic E-state index is -4.66. The Morgan fingerprint density at radius 3 is 2.50 bits per heavy atom. The van der Waals surface area contributed by atoms with Gasteiger partial charge < -0.3 is 9.84 Å². The van der Waals surface area contributed by atoms with Gasteiger partial charge in [-0.15, -0.1) is 0 Å². The van der Waals surface area contributed by atoms with Crippen molar-refractivity contribution in [1.29, 1.82) is 0 Å². The van der Waals surface area contributed by atoms with E-state index in [9.17, 15) is 31.4 Å². The zero-order chi connectivity index (χ0) is 17.7. The van der Waals surface area contributed by atoms with Crippen LogP contribution < -0.4 is 4.74 Å². The number of fused-ring (bicyclic) bond motifs is 1. The molecule has 2 aliphatic carbocycles. The van der Waals surface area contributed by atoms with Crippen LogP contribution in [0.4, 0.5) is 26.3 Å². The van der Waals surface area contributed by atoms with E-state index in [0.717, 1.165) is 6.07 Å². The van der Waals surface area contributed by atoms with Crippen LogP contribution in [-0.2, 0) is 6.42 Å². The molecule has 1 aromatic rings. The highest BCUT2D eigenvalue weighted by atomic mass is 32.2. The van der Waals surface area contributed by atoms with Gasteiger partial charge in [-0.1, -0.05) is 0 Å². The molecule has 0 heterocycles. The number of alkyl halides is 6. The van der Waals surface area contributed by atoms with Gasteiger partial charge in [0, 0.05) is 22.4 Å². The molecular formula is C15H14F6O2S. The normalized spacial score (nSPS) is 28.4. The molecule has 1 fully saturated rings. The molecule has 1 unspecified atom stereocenters. The summed E-state index contributed by atoms with van der Waals surface area (Å²) in [6.45, 7) is 0.111. The fraction of sp³-hybridized carbons (Fsp3) is 0.600. The van der Waals surface area contributed by atoms with E-state index in [1.165, 1.54) is 6.07 Å². The lowest BCUT2D eigenvalue weighted by Gasteiger charge is -2.29. The second kappa shape index (κ2) is 6.01. The predicted molar refractivity (Wildman–Crippen MR) is 75.1 cm³/mol. The summed E-state index contributed by atoms with van der Waals surface area (Å²) in [5, 5.41) is 9.74. The first kappa shape index (κ1) is 17.7. The number of aliphatic hydroxyl groups is 1. The van der Waals surface area contributed by atoms with Gasteiger partial charge in [-0.2, -0.15) is 13.2 Å². The van der Waals surface area contributed by atoms with Gasteiger partial charge in [0.1, 0.15) is 18.0 Å². The van der Waals surface area contributed by atoms with E-state index >= 15 is 0 Å². The maximum atomic E-state index is 13.8. The van der Waals surface area contributed by atoms with E-state index < -0.39 is 52.3 Å². The summed E-state index contributed by atoms with van der Waals surface area (Å²) >= 11 is -0.539. The number of halogens is 6. The molecular weight excluding hydrogens is 358 g/mol. The van der Waals surface area contributed by atoms with Crippen LogP contribution in [0.3, 0.4) is 0 Å². The molecule has 1 saturated carbocycles. The smallest absolute Gasteiger partial charge is 0.446 e. The summed E-state index contributed by atoms with van der Waals surface area (Å²) in [7, 11) is 0. The van der Waals surface area contributed by atoms with Gasteiger partial charge in [0.25, 0.3) is 5.92 Å². The number of aliphatic hydroxyl groups excluding tert-OH is 1. The molecule has 0 saturated heterocycles. The van der Waals surface area contributed by atoms with Gasteiger partial charge in [-0.05, 0) is 42.7 Å². The van der Waals surface area contributed by atoms with Crippen molar-refractivity contribution in [3.63, 3.8) is 0 Å². The average Bonchev–Trinajstić information content (AvgIpc) is 2.65. The molecule has 1 aromatic carbocycles. The number of benzene rings is 1. The third kappa shape index (κ3) is 3.46. The molecule has 9 heteroatoms. The van der Waals surface area contributed by atoms with Crippen molar-refractivity contribution in [2.75, 3.05) is 6.61 Å². The highest BCUT2D eigenvalue weighted by Gasteiger charge is 2.50. The number of rotatable bonds is 4. The number of thioether (sulfide) groups is 1. The highest BCUT2D eigenvalue weighted by molar-refractivity contribution is 8.00. The van der Waals surface area contributed by atoms with Crippen LogP contribution in [0.25, 0.3) is 0 Å². The quantitative estimate of drug-likeness (QED) is 0.616. The van der Waals surface area contributed by atoms with Crippen molar-refractivity contribution in [2.45, 2.75) is 47.9 Å². The Morgan fingerprint density at radius 1 is 1.25 bits per heavy atom. The Morgan fingerprint density at radius 2 is 1.92 bits per heavy atom. The van der Waals surface area contributed by atoms with Gasteiger partial charge in [-0.3, -0.25) is 0 Å². The minimum absolute atomic E-state index is 0.0232. The number of ether oxygens (including phenoxy) is 1. The second-order valence-electron chi connectivity index (χ2n) is 6.09. The highest BCUT2D eigenvalue weighted by Crippen LogP contribution is 2.52. The van der Waals surface area contributed by atoms with E-state index in [1.54, 1.807) is 0 Å². The first-order valence-corrected chi connectivity index (χ1v) is 8.13. The number of hydrogen-bond acceptors (Lipinski definition) is 3. The topological polar surface area (TPSA) is 29.5 Å². The Bertz CT molecular complexity index is 627. The van der Waals surface area contributed by atoms with Crippen LogP contribution in [0.2, 0.25) is 0 Å². The third-order valence-electron chi connectivity index (χ3n) is 4.24. The largest absolute Gasteiger partial charge is 0.493 e. The van der Waals surface area contributed by atoms with Crippen LogP contribution in [0.15, 0.2) is 17.0 Å². The van der Waals surface area contributed by atoms with E-state index in [0.29, 0.717) is 12.8 Å². The molecule has 0 aliphatic heterocycles. The van der Waals surface area contributed by atoms with Crippen molar-refractivity contribution in [2.24, 2.45) is 5.92 Å². The van der Waals surface area contributed by atoms with Gasteiger partial charge >= 0.3 is 5.51 Å². The number of hydrogen-bond donors (Lipinski definition) is 1. The Kier molecular flexibility index (Phi) is 4.44. The Balaban J connectivity index is 1.87. The Hall–Kier alpha value is -1.09. The SMILES string of the molecule is OC1c2c(SC(F)(F)F)ccc(OCC3CC(F)C3)c2CC1(F)F. The molecule has 0 bridgehead atoms. The molecule has 0 amide bonds. The first-order chi connectivity index (χ1) is 11.1. The first-order valence-electron chi connectivity index (χ1n) is 7.31. The summed E-state index contributed by atoms with van der Waals surface area (Å²) in [5.74, 6) is -3.56. The van der Waals surface area contributed by atoms with Crippen LogP contribution in [0, 0.1) is 5.92 Å². The molecule has 134 valence electrons. The van der Waals surface area contributed by atoms with Crippen molar-refractivity contribution in [1.82, 2.24) is 0 Å². The molecule has 1 N–H and O–H groups in total. The van der Waals surface area contributed by atoms with Crippen LogP contribution in [-0.4, -0.2) is 29.3 Å². The lowest BCUT2D eigenvalue weighted by Crippen LogP contribution is -2.29. The van der Waals surface area contributed by atoms with Crippen molar-refractivity contribution in [3.8, 4) is 5.75 Å². The van der Waals surface area contributed by atoms with Crippen LogP contribution in [0.1, 0.15) is 30.1 Å². The van der Waals surface area contributed by atoms with Crippen molar-refractivity contribution < 1.29 is 36.2 Å². The molecule has 0 aromatic heterocycles. The molecule has 0 spiro atoms. The summed E-state index contributed by atoms with van der Waals surface area (Å²) in [4.78, 5) is -0.456. The molecule has 3 rings (SSSR count). The van der Waals surface area contributed by atoms with E-state index in [-0.39, 0.29) is 23.8 Å². The van der Waals surface area contributed by atoms with Crippen LogP contribution >= 0.6 is 11.8 Å². The molecule has 2 aliphatic rings. The fourth-order valence-electron chi connectivity index (χ4n) is 3.00. The fourth-order valence-corrected chi connectivity index (χ4v) is 3.73. The Labute approximate surface area is 138 Å². The van der Waals surface area contributed by atoms with Crippen LogP contribution in [0.5, 0.6) is 5.75 Å². The average molecular weight is 372 g/mol. The zero-order valence-corrected chi connectivity index (χ0v) is 13.1. The van der Waals surface area contributed by atoms with Gasteiger partial charge in [-0.25, -0.2) is 13.2 Å². The van der Waals surface area contributed by atoms with E-state index in [1.807, 2.05) is 0 Å². The standard InChI is InChI=1S/C15H14F6O2S/c16-8-3-7(4-8)6-23-10-1-2-11(24-15(19,20)21)12-9(10)5-14(17,18)13(12)22/h1-2,7-8,13,22H,3-6H2. The molecule has 1 atom stereocenters. The van der Waals surface area contributed by atoms with E-state index in [2.05, 4.69) is 0 Å².